The molecule has 2 heterocycles. The number of aliphatic imine (C=N–C) groups is 1. The molecule has 5 nitrogen and oxygen atoms in total. The maximum Gasteiger partial charge on any atom is 0.267 e. The van der Waals surface area contributed by atoms with Crippen LogP contribution in [0.2, 0.25) is 5.02 Å². The predicted octanol–water partition coefficient (Wildman–Crippen LogP) is 5.09. The van der Waals surface area contributed by atoms with E-state index in [-0.39, 0.29) is 5.91 Å². The molecular weight excluding hydrogens is 394 g/mol. The van der Waals surface area contributed by atoms with Gasteiger partial charge < -0.3 is 4.74 Å². The normalized spacial score (nSPS) is 16.6. The number of carbonyl (C=O) groups is 1. The molecule has 0 saturated carbocycles. The number of nitrogens with zero attached hydrogens (tertiary/aromatic N) is 3. The van der Waals surface area contributed by atoms with Crippen molar-refractivity contribution in [1.29, 1.82) is 0 Å². The third-order valence-electron chi connectivity index (χ3n) is 3.73. The largest absolute Gasteiger partial charge is 0.489 e. The Bertz CT molecular complexity index is 972. The summed E-state index contributed by atoms with van der Waals surface area (Å²) in [6, 6.07) is 9.22. The van der Waals surface area contributed by atoms with Gasteiger partial charge in [0.2, 0.25) is 0 Å². The molecule has 142 valence electrons. The summed E-state index contributed by atoms with van der Waals surface area (Å²) in [7, 11) is 0. The minimum absolute atomic E-state index is 0.146. The first kappa shape index (κ1) is 19.9. The van der Waals surface area contributed by atoms with Crippen LogP contribution in [0.5, 0.6) is 5.75 Å². The van der Waals surface area contributed by atoms with E-state index in [1.807, 2.05) is 24.3 Å². The van der Waals surface area contributed by atoms with Crippen LogP contribution in [0.15, 0.2) is 77.9 Å². The van der Waals surface area contributed by atoms with Gasteiger partial charge >= 0.3 is 0 Å². The van der Waals surface area contributed by atoms with Crippen LogP contribution in [0.25, 0.3) is 6.08 Å². The van der Waals surface area contributed by atoms with Crippen molar-refractivity contribution in [2.75, 3.05) is 13.2 Å². The SMILES string of the molecule is C=CCOc1ccccc1/C=C1\SC(=Nc2ccncc2Cl)N(CC=C)C1=O. The molecule has 2 aromatic rings. The summed E-state index contributed by atoms with van der Waals surface area (Å²) >= 11 is 7.44. The standard InChI is InChI=1S/C21H18ClN3O2S/c1-3-11-25-20(26)19(13-15-7-5-6-8-18(15)27-12-4-2)28-21(25)24-17-9-10-23-14-16(17)22/h3-10,13-14H,1-2,11-12H2/b19-13-,24-21?. The minimum atomic E-state index is -0.146. The van der Waals surface area contributed by atoms with E-state index in [2.05, 4.69) is 23.1 Å². The van der Waals surface area contributed by atoms with E-state index in [9.17, 15) is 4.79 Å². The molecular formula is C21H18ClN3O2S. The highest BCUT2D eigenvalue weighted by molar-refractivity contribution is 8.18. The van der Waals surface area contributed by atoms with E-state index in [1.54, 1.807) is 35.4 Å². The second kappa shape index (κ2) is 9.39. The molecule has 1 aromatic carbocycles. The summed E-state index contributed by atoms with van der Waals surface area (Å²) in [5.41, 5.74) is 1.36. The van der Waals surface area contributed by atoms with Gasteiger partial charge in [0, 0.05) is 24.5 Å². The van der Waals surface area contributed by atoms with Gasteiger partial charge in [-0.15, -0.1) is 6.58 Å². The number of halogens is 1. The molecule has 0 radical (unpaired) electrons. The number of hydrogen-bond acceptors (Lipinski definition) is 5. The van der Waals surface area contributed by atoms with Crippen LogP contribution in [0.1, 0.15) is 5.56 Å². The van der Waals surface area contributed by atoms with Crippen LogP contribution in [-0.2, 0) is 4.79 Å². The van der Waals surface area contributed by atoms with Gasteiger partial charge in [0.05, 0.1) is 15.6 Å². The van der Waals surface area contributed by atoms with E-state index in [0.717, 1.165) is 5.56 Å². The lowest BCUT2D eigenvalue weighted by Gasteiger charge is -2.12. The molecule has 28 heavy (non-hydrogen) atoms. The Labute approximate surface area is 173 Å². The lowest BCUT2D eigenvalue weighted by atomic mass is 10.2. The van der Waals surface area contributed by atoms with E-state index in [4.69, 9.17) is 16.3 Å². The van der Waals surface area contributed by atoms with Crippen LogP contribution >= 0.6 is 23.4 Å². The Morgan fingerprint density at radius 2 is 2.07 bits per heavy atom. The van der Waals surface area contributed by atoms with Crippen molar-refractivity contribution >= 4 is 46.2 Å². The zero-order valence-corrected chi connectivity index (χ0v) is 16.6. The van der Waals surface area contributed by atoms with E-state index >= 15 is 0 Å². The highest BCUT2D eigenvalue weighted by Gasteiger charge is 2.33. The first-order valence-electron chi connectivity index (χ1n) is 8.47. The molecule has 1 saturated heterocycles. The van der Waals surface area contributed by atoms with Gasteiger partial charge in [-0.05, 0) is 30.0 Å². The quantitative estimate of drug-likeness (QED) is 0.470. The summed E-state index contributed by atoms with van der Waals surface area (Å²) in [5, 5.41) is 0.955. The number of carbonyl (C=O) groups excluding carboxylic acids is 1. The fraction of sp³-hybridized carbons (Fsp3) is 0.0952. The first-order valence-corrected chi connectivity index (χ1v) is 9.66. The van der Waals surface area contributed by atoms with Gasteiger partial charge in [-0.25, -0.2) is 4.99 Å². The Hall–Kier alpha value is -2.83. The monoisotopic (exact) mass is 411 g/mol. The zero-order valence-electron chi connectivity index (χ0n) is 15.0. The highest BCUT2D eigenvalue weighted by Crippen LogP contribution is 2.36. The summed E-state index contributed by atoms with van der Waals surface area (Å²) in [4.78, 5) is 23.5. The molecule has 1 amide bonds. The number of rotatable bonds is 7. The maximum absolute atomic E-state index is 12.9. The van der Waals surface area contributed by atoms with Crippen LogP contribution in [-0.4, -0.2) is 34.1 Å². The van der Waals surface area contributed by atoms with Crippen molar-refractivity contribution < 1.29 is 9.53 Å². The van der Waals surface area contributed by atoms with E-state index in [1.165, 1.54) is 18.0 Å². The molecule has 0 aliphatic carbocycles. The Kier molecular flexibility index (Phi) is 6.68. The average Bonchev–Trinajstić information content (AvgIpc) is 2.98. The Morgan fingerprint density at radius 1 is 1.25 bits per heavy atom. The van der Waals surface area contributed by atoms with Crippen LogP contribution in [0.3, 0.4) is 0 Å². The van der Waals surface area contributed by atoms with Gasteiger partial charge in [-0.1, -0.05) is 48.5 Å². The molecule has 0 unspecified atom stereocenters. The number of ether oxygens (including phenoxy) is 1. The lowest BCUT2D eigenvalue weighted by molar-refractivity contribution is -0.121. The van der Waals surface area contributed by atoms with Crippen molar-refractivity contribution in [1.82, 2.24) is 9.88 Å². The van der Waals surface area contributed by atoms with Gasteiger partial charge in [0.1, 0.15) is 12.4 Å². The highest BCUT2D eigenvalue weighted by atomic mass is 35.5. The minimum Gasteiger partial charge on any atom is -0.489 e. The lowest BCUT2D eigenvalue weighted by Crippen LogP contribution is -2.29. The molecule has 0 atom stereocenters. The maximum atomic E-state index is 12.9. The van der Waals surface area contributed by atoms with Crippen molar-refractivity contribution in [2.24, 2.45) is 4.99 Å². The van der Waals surface area contributed by atoms with Gasteiger partial charge in [0.25, 0.3) is 5.91 Å². The number of thioether (sulfide) groups is 1. The smallest absolute Gasteiger partial charge is 0.267 e. The number of amidine groups is 1. The summed E-state index contributed by atoms with van der Waals surface area (Å²) < 4.78 is 5.68. The van der Waals surface area contributed by atoms with Gasteiger partial charge in [-0.2, -0.15) is 0 Å². The number of benzene rings is 1. The molecule has 1 aliphatic rings. The third-order valence-corrected chi connectivity index (χ3v) is 5.03. The van der Waals surface area contributed by atoms with Crippen LogP contribution in [0.4, 0.5) is 5.69 Å². The molecule has 7 heteroatoms. The molecule has 1 fully saturated rings. The molecule has 1 aromatic heterocycles. The summed E-state index contributed by atoms with van der Waals surface area (Å²) in [6.07, 6.45) is 8.26. The third kappa shape index (κ3) is 4.52. The molecule has 0 N–H and O–H groups in total. The van der Waals surface area contributed by atoms with Crippen molar-refractivity contribution in [3.8, 4) is 5.75 Å². The topological polar surface area (TPSA) is 54.8 Å². The number of hydrogen-bond donors (Lipinski definition) is 0. The predicted molar refractivity (Wildman–Crippen MR) is 116 cm³/mol. The van der Waals surface area contributed by atoms with E-state index < -0.39 is 0 Å². The molecule has 0 bridgehead atoms. The van der Waals surface area contributed by atoms with Gasteiger partial charge in [-0.3, -0.25) is 14.7 Å². The fourth-order valence-electron chi connectivity index (χ4n) is 2.46. The molecule has 1 aliphatic heterocycles. The number of pyridine rings is 1. The van der Waals surface area contributed by atoms with Crippen LogP contribution in [0, 0.1) is 0 Å². The summed E-state index contributed by atoms with van der Waals surface area (Å²) in [5.74, 6) is 0.536. The van der Waals surface area contributed by atoms with E-state index in [0.29, 0.717) is 39.7 Å². The average molecular weight is 412 g/mol. The Balaban J connectivity index is 1.97. The Morgan fingerprint density at radius 3 is 2.82 bits per heavy atom. The van der Waals surface area contributed by atoms with Crippen LogP contribution < -0.4 is 4.74 Å². The number of amides is 1. The molecule has 3 rings (SSSR count). The zero-order chi connectivity index (χ0) is 19.9. The fourth-order valence-corrected chi connectivity index (χ4v) is 3.62. The number of para-hydroxylation sites is 1. The van der Waals surface area contributed by atoms with Crippen molar-refractivity contribution in [3.63, 3.8) is 0 Å². The first-order chi connectivity index (χ1) is 13.6. The summed E-state index contributed by atoms with van der Waals surface area (Å²) in [6.45, 7) is 8.13. The van der Waals surface area contributed by atoms with Crippen molar-refractivity contribution in [2.45, 2.75) is 0 Å². The second-order valence-electron chi connectivity index (χ2n) is 5.67. The number of aromatic nitrogens is 1. The molecule has 0 spiro atoms. The second-order valence-corrected chi connectivity index (χ2v) is 7.09. The van der Waals surface area contributed by atoms with Gasteiger partial charge in [0.15, 0.2) is 5.17 Å². The van der Waals surface area contributed by atoms with Crippen molar-refractivity contribution in [3.05, 3.63) is 83.5 Å².